The van der Waals surface area contributed by atoms with Gasteiger partial charge in [-0.25, -0.2) is 0 Å². The zero-order valence-corrected chi connectivity index (χ0v) is 20.3. The Morgan fingerprint density at radius 2 is 2.18 bits per heavy atom. The Kier molecular flexibility index (Phi) is 11.9. The maximum absolute atomic E-state index is 11.4. The molecule has 1 unspecified atom stereocenters. The first-order valence-corrected chi connectivity index (χ1v) is 10.9. The quantitative estimate of drug-likeness (QED) is 0.162. The molecule has 0 radical (unpaired) electrons. The Balaban J connectivity index is 0.00000392. The number of hydrogen-bond donors (Lipinski definition) is 3. The zero-order valence-electron chi connectivity index (χ0n) is 17.2. The molecule has 6 nitrogen and oxygen atoms in total. The molecule has 1 fully saturated rings. The van der Waals surface area contributed by atoms with Gasteiger partial charge >= 0.3 is 0 Å². The SMILES string of the molecule is CN=C(NCCCN1CCCC(C(N)=O)C1)NCc1ccc(C)cc1SC.I. The smallest absolute Gasteiger partial charge is 0.221 e. The molecule has 1 aromatic rings. The lowest BCUT2D eigenvalue weighted by Gasteiger charge is -2.31. The topological polar surface area (TPSA) is 82.8 Å². The maximum atomic E-state index is 11.4. The molecule has 1 heterocycles. The van der Waals surface area contributed by atoms with E-state index in [4.69, 9.17) is 5.73 Å². The van der Waals surface area contributed by atoms with Crippen LogP contribution in [-0.2, 0) is 11.3 Å². The molecular weight excluding hydrogens is 485 g/mol. The van der Waals surface area contributed by atoms with E-state index >= 15 is 0 Å². The van der Waals surface area contributed by atoms with E-state index in [9.17, 15) is 4.79 Å². The number of benzene rings is 1. The van der Waals surface area contributed by atoms with Crippen molar-refractivity contribution in [3.63, 3.8) is 0 Å². The van der Waals surface area contributed by atoms with Crippen LogP contribution in [0.4, 0.5) is 0 Å². The van der Waals surface area contributed by atoms with Gasteiger partial charge < -0.3 is 21.3 Å². The van der Waals surface area contributed by atoms with Crippen LogP contribution in [0.3, 0.4) is 0 Å². The molecule has 1 aliphatic rings. The second-order valence-electron chi connectivity index (χ2n) is 7.06. The van der Waals surface area contributed by atoms with Crippen molar-refractivity contribution in [2.45, 2.75) is 37.6 Å². The van der Waals surface area contributed by atoms with E-state index in [1.54, 1.807) is 18.8 Å². The van der Waals surface area contributed by atoms with Gasteiger partial charge in [0.25, 0.3) is 0 Å². The minimum atomic E-state index is -0.164. The molecule has 0 aliphatic carbocycles. The average Bonchev–Trinajstić information content (AvgIpc) is 2.68. The fourth-order valence-corrected chi connectivity index (χ4v) is 4.10. The number of nitrogens with two attached hydrogens (primary N) is 1. The summed E-state index contributed by atoms with van der Waals surface area (Å²) in [4.78, 5) is 19.3. The van der Waals surface area contributed by atoms with Gasteiger partial charge in [0.15, 0.2) is 5.96 Å². The van der Waals surface area contributed by atoms with E-state index in [2.05, 4.69) is 51.9 Å². The standard InChI is InChI=1S/C20H33N5OS.HI/c1-15-7-8-16(18(12-15)27-3)13-24-20(22-2)23-9-5-11-25-10-4-6-17(14-25)19(21)26;/h7-8,12,17H,4-6,9-11,13-14H2,1-3H3,(H2,21,26)(H2,22,23,24);1H. The number of primary amides is 1. The minimum absolute atomic E-state index is 0. The van der Waals surface area contributed by atoms with E-state index in [0.717, 1.165) is 57.9 Å². The van der Waals surface area contributed by atoms with Gasteiger partial charge in [-0.3, -0.25) is 9.79 Å². The lowest BCUT2D eigenvalue weighted by molar-refractivity contribution is -0.123. The molecule has 4 N–H and O–H groups in total. The highest BCUT2D eigenvalue weighted by molar-refractivity contribution is 14.0. The lowest BCUT2D eigenvalue weighted by Crippen LogP contribution is -2.42. The van der Waals surface area contributed by atoms with E-state index in [1.807, 2.05) is 0 Å². The predicted octanol–water partition coefficient (Wildman–Crippen LogP) is 2.59. The van der Waals surface area contributed by atoms with Gasteiger partial charge in [-0.15, -0.1) is 35.7 Å². The first-order chi connectivity index (χ1) is 13.0. The zero-order chi connectivity index (χ0) is 19.6. The summed E-state index contributed by atoms with van der Waals surface area (Å²) in [5.74, 6) is 0.667. The summed E-state index contributed by atoms with van der Waals surface area (Å²) in [6, 6.07) is 6.54. The van der Waals surface area contributed by atoms with E-state index in [0.29, 0.717) is 0 Å². The van der Waals surface area contributed by atoms with Crippen LogP contribution >= 0.6 is 35.7 Å². The summed E-state index contributed by atoms with van der Waals surface area (Å²) in [6.07, 6.45) is 5.10. The molecule has 0 aromatic heterocycles. The van der Waals surface area contributed by atoms with Gasteiger partial charge in [-0.2, -0.15) is 0 Å². The average molecular weight is 519 g/mol. The van der Waals surface area contributed by atoms with Gasteiger partial charge in [0, 0.05) is 31.6 Å². The van der Waals surface area contributed by atoms with Crippen molar-refractivity contribution in [2.75, 3.05) is 39.5 Å². The third-order valence-electron chi connectivity index (χ3n) is 4.96. The van der Waals surface area contributed by atoms with Crippen LogP contribution < -0.4 is 16.4 Å². The van der Waals surface area contributed by atoms with E-state index in [-0.39, 0.29) is 35.8 Å². The fraction of sp³-hybridized carbons (Fsp3) is 0.600. The minimum Gasteiger partial charge on any atom is -0.369 e. The highest BCUT2D eigenvalue weighted by Crippen LogP contribution is 2.21. The monoisotopic (exact) mass is 519 g/mol. The second kappa shape index (κ2) is 13.3. The summed E-state index contributed by atoms with van der Waals surface area (Å²) in [6.45, 7) is 6.55. The van der Waals surface area contributed by atoms with Crippen molar-refractivity contribution >= 4 is 47.6 Å². The van der Waals surface area contributed by atoms with Crippen LogP contribution in [0, 0.1) is 12.8 Å². The molecule has 1 aromatic carbocycles. The molecule has 158 valence electrons. The molecule has 1 aliphatic heterocycles. The third-order valence-corrected chi connectivity index (χ3v) is 5.78. The lowest BCUT2D eigenvalue weighted by atomic mass is 9.97. The number of aryl methyl sites for hydroxylation is 1. The number of halogens is 1. The second-order valence-corrected chi connectivity index (χ2v) is 7.91. The molecule has 0 bridgehead atoms. The summed E-state index contributed by atoms with van der Waals surface area (Å²) in [5, 5.41) is 6.77. The number of likely N-dealkylation sites (tertiary alicyclic amines) is 1. The molecule has 8 heteroatoms. The molecule has 28 heavy (non-hydrogen) atoms. The van der Waals surface area contributed by atoms with Crippen LogP contribution in [0.1, 0.15) is 30.4 Å². The van der Waals surface area contributed by atoms with Crippen LogP contribution in [0.5, 0.6) is 0 Å². The number of aliphatic imine (C=N–C) groups is 1. The Hall–Kier alpha value is -1.000. The Bertz CT molecular complexity index is 655. The molecule has 2 rings (SSSR count). The Labute approximate surface area is 190 Å². The number of guanidine groups is 1. The molecule has 1 saturated heterocycles. The molecule has 0 saturated carbocycles. The number of carbonyl (C=O) groups is 1. The van der Waals surface area contributed by atoms with E-state index < -0.39 is 0 Å². The molecule has 0 spiro atoms. The Morgan fingerprint density at radius 3 is 2.86 bits per heavy atom. The van der Waals surface area contributed by atoms with Gasteiger partial charge in [0.1, 0.15) is 0 Å². The summed E-state index contributed by atoms with van der Waals surface area (Å²) < 4.78 is 0. The third kappa shape index (κ3) is 8.16. The normalized spacial score (nSPS) is 17.7. The number of rotatable bonds is 8. The van der Waals surface area contributed by atoms with Gasteiger partial charge in [-0.05, 0) is 62.7 Å². The highest BCUT2D eigenvalue weighted by Gasteiger charge is 2.23. The van der Waals surface area contributed by atoms with Crippen LogP contribution in [0.2, 0.25) is 0 Å². The van der Waals surface area contributed by atoms with Gasteiger partial charge in [0.05, 0.1) is 5.92 Å². The van der Waals surface area contributed by atoms with Crippen molar-refractivity contribution in [3.8, 4) is 0 Å². The summed E-state index contributed by atoms with van der Waals surface area (Å²) >= 11 is 1.77. The maximum Gasteiger partial charge on any atom is 0.221 e. The number of nitrogens with zero attached hydrogens (tertiary/aromatic N) is 2. The van der Waals surface area contributed by atoms with Crippen LogP contribution in [0.25, 0.3) is 0 Å². The van der Waals surface area contributed by atoms with Gasteiger partial charge in [0.2, 0.25) is 5.91 Å². The molecule has 1 atom stereocenters. The molecule has 1 amide bonds. The number of nitrogens with one attached hydrogen (secondary N) is 2. The van der Waals surface area contributed by atoms with Crippen molar-refractivity contribution in [1.29, 1.82) is 0 Å². The van der Waals surface area contributed by atoms with Crippen molar-refractivity contribution in [2.24, 2.45) is 16.6 Å². The van der Waals surface area contributed by atoms with Gasteiger partial charge in [-0.1, -0.05) is 12.1 Å². The largest absolute Gasteiger partial charge is 0.369 e. The highest BCUT2D eigenvalue weighted by atomic mass is 127. The first-order valence-electron chi connectivity index (χ1n) is 9.63. The number of amides is 1. The predicted molar refractivity (Wildman–Crippen MR) is 130 cm³/mol. The van der Waals surface area contributed by atoms with Crippen molar-refractivity contribution < 1.29 is 4.79 Å². The van der Waals surface area contributed by atoms with Crippen molar-refractivity contribution in [3.05, 3.63) is 29.3 Å². The number of carbonyl (C=O) groups excluding carboxylic acids is 1. The Morgan fingerprint density at radius 1 is 1.39 bits per heavy atom. The fourth-order valence-electron chi connectivity index (χ4n) is 3.40. The number of hydrogen-bond acceptors (Lipinski definition) is 4. The number of thioether (sulfide) groups is 1. The van der Waals surface area contributed by atoms with Crippen LogP contribution in [0.15, 0.2) is 28.1 Å². The summed E-state index contributed by atoms with van der Waals surface area (Å²) in [5.41, 5.74) is 8.01. The molecular formula is C20H34IN5OS. The van der Waals surface area contributed by atoms with E-state index in [1.165, 1.54) is 16.0 Å². The van der Waals surface area contributed by atoms with Crippen molar-refractivity contribution in [1.82, 2.24) is 15.5 Å². The number of piperidine rings is 1. The summed E-state index contributed by atoms with van der Waals surface area (Å²) in [7, 11) is 1.79. The first kappa shape index (κ1) is 25.0. The van der Waals surface area contributed by atoms with Crippen LogP contribution in [-0.4, -0.2) is 56.2 Å².